The molecule has 3 aromatic carbocycles. The van der Waals surface area contributed by atoms with Crippen molar-refractivity contribution in [3.8, 4) is 16.9 Å². The van der Waals surface area contributed by atoms with Gasteiger partial charge < -0.3 is 14.8 Å². The summed E-state index contributed by atoms with van der Waals surface area (Å²) >= 11 is 0. The molecule has 148 valence electrons. The third kappa shape index (κ3) is 5.23. The number of amides is 1. The molecule has 0 aliphatic rings. The Hall–Kier alpha value is -3.60. The molecule has 0 aliphatic carbocycles. The van der Waals surface area contributed by atoms with Crippen molar-refractivity contribution in [1.29, 1.82) is 0 Å². The van der Waals surface area contributed by atoms with E-state index in [0.717, 1.165) is 22.4 Å². The molecule has 0 saturated heterocycles. The lowest BCUT2D eigenvalue weighted by Crippen LogP contribution is -2.43. The van der Waals surface area contributed by atoms with E-state index in [4.69, 9.17) is 9.47 Å². The molecule has 5 nitrogen and oxygen atoms in total. The van der Waals surface area contributed by atoms with E-state index < -0.39 is 12.0 Å². The Balaban J connectivity index is 1.71. The molecule has 0 spiro atoms. The van der Waals surface area contributed by atoms with Crippen molar-refractivity contribution < 1.29 is 19.1 Å². The molecule has 1 amide bonds. The molecule has 0 heterocycles. The highest BCUT2D eigenvalue weighted by Crippen LogP contribution is 2.19. The van der Waals surface area contributed by atoms with Crippen LogP contribution in [0.5, 0.6) is 5.75 Å². The molecule has 0 unspecified atom stereocenters. The van der Waals surface area contributed by atoms with Gasteiger partial charge in [-0.1, -0.05) is 54.6 Å². The van der Waals surface area contributed by atoms with Gasteiger partial charge in [0.1, 0.15) is 11.8 Å². The molecule has 3 rings (SSSR count). The quantitative estimate of drug-likeness (QED) is 0.623. The summed E-state index contributed by atoms with van der Waals surface area (Å²) in [6, 6.07) is 23.8. The van der Waals surface area contributed by atoms with Gasteiger partial charge in [0.05, 0.1) is 14.2 Å². The molecule has 3 aromatic rings. The van der Waals surface area contributed by atoms with Gasteiger partial charge in [0.25, 0.3) is 5.91 Å². The van der Waals surface area contributed by atoms with Gasteiger partial charge >= 0.3 is 5.97 Å². The maximum Gasteiger partial charge on any atom is 0.328 e. The summed E-state index contributed by atoms with van der Waals surface area (Å²) in [4.78, 5) is 24.9. The van der Waals surface area contributed by atoms with Gasteiger partial charge in [0, 0.05) is 12.0 Å². The van der Waals surface area contributed by atoms with E-state index in [0.29, 0.717) is 12.0 Å². The van der Waals surface area contributed by atoms with Crippen LogP contribution in [-0.4, -0.2) is 32.1 Å². The summed E-state index contributed by atoms with van der Waals surface area (Å²) in [5.74, 6) is -0.0884. The van der Waals surface area contributed by atoms with E-state index in [1.165, 1.54) is 7.11 Å². The lowest BCUT2D eigenvalue weighted by atomic mass is 10.0. The van der Waals surface area contributed by atoms with Crippen LogP contribution in [0.15, 0.2) is 78.9 Å². The minimum absolute atomic E-state index is 0.324. The van der Waals surface area contributed by atoms with Crippen molar-refractivity contribution >= 4 is 11.9 Å². The zero-order valence-corrected chi connectivity index (χ0v) is 16.4. The molecule has 0 fully saturated rings. The largest absolute Gasteiger partial charge is 0.497 e. The van der Waals surface area contributed by atoms with E-state index in [-0.39, 0.29) is 5.91 Å². The summed E-state index contributed by atoms with van der Waals surface area (Å²) in [6.07, 6.45) is 0.324. The molecule has 0 aromatic heterocycles. The molecule has 0 aliphatic heterocycles. The highest BCUT2D eigenvalue weighted by atomic mass is 16.5. The number of methoxy groups -OCH3 is 2. The van der Waals surface area contributed by atoms with E-state index in [1.54, 1.807) is 19.2 Å². The average molecular weight is 389 g/mol. The summed E-state index contributed by atoms with van der Waals surface area (Å²) in [7, 11) is 2.90. The zero-order valence-electron chi connectivity index (χ0n) is 16.4. The van der Waals surface area contributed by atoms with E-state index in [2.05, 4.69) is 5.32 Å². The van der Waals surface area contributed by atoms with Gasteiger partial charge in [-0.25, -0.2) is 4.79 Å². The van der Waals surface area contributed by atoms with Crippen LogP contribution in [0.25, 0.3) is 11.1 Å². The number of esters is 1. The summed E-state index contributed by atoms with van der Waals surface area (Å²) < 4.78 is 10.0. The Labute approximate surface area is 170 Å². The smallest absolute Gasteiger partial charge is 0.328 e. The molecule has 0 radical (unpaired) electrons. The third-order valence-corrected chi connectivity index (χ3v) is 4.64. The average Bonchev–Trinajstić information content (AvgIpc) is 2.79. The van der Waals surface area contributed by atoms with Gasteiger partial charge in [-0.15, -0.1) is 0 Å². The molecule has 1 atom stereocenters. The van der Waals surface area contributed by atoms with Crippen LogP contribution in [0.2, 0.25) is 0 Å². The predicted molar refractivity (Wildman–Crippen MR) is 112 cm³/mol. The summed E-state index contributed by atoms with van der Waals surface area (Å²) in [6.45, 7) is 0. The molecule has 0 bridgehead atoms. The van der Waals surface area contributed by atoms with Gasteiger partial charge in [0.2, 0.25) is 0 Å². The maximum absolute atomic E-state index is 12.7. The number of rotatable bonds is 7. The number of ether oxygens (including phenoxy) is 2. The molecular weight excluding hydrogens is 366 g/mol. The van der Waals surface area contributed by atoms with E-state index >= 15 is 0 Å². The minimum atomic E-state index is -0.783. The Kier molecular flexibility index (Phi) is 6.63. The van der Waals surface area contributed by atoms with Crippen LogP contribution >= 0.6 is 0 Å². The molecule has 29 heavy (non-hydrogen) atoms. The van der Waals surface area contributed by atoms with Crippen molar-refractivity contribution in [2.75, 3.05) is 14.2 Å². The van der Waals surface area contributed by atoms with Crippen LogP contribution in [0.1, 0.15) is 15.9 Å². The Morgan fingerprint density at radius 2 is 1.45 bits per heavy atom. The monoisotopic (exact) mass is 389 g/mol. The van der Waals surface area contributed by atoms with Crippen molar-refractivity contribution in [2.24, 2.45) is 0 Å². The van der Waals surface area contributed by atoms with Crippen molar-refractivity contribution in [1.82, 2.24) is 5.32 Å². The fraction of sp³-hybridized carbons (Fsp3) is 0.167. The Bertz CT molecular complexity index is 950. The number of hydrogen-bond donors (Lipinski definition) is 1. The van der Waals surface area contributed by atoms with Crippen LogP contribution in [-0.2, 0) is 16.0 Å². The predicted octanol–water partition coefficient (Wildman–Crippen LogP) is 3.88. The van der Waals surface area contributed by atoms with Crippen molar-refractivity contribution in [3.63, 3.8) is 0 Å². The van der Waals surface area contributed by atoms with Gasteiger partial charge in [-0.05, 0) is 41.0 Å². The van der Waals surface area contributed by atoms with Crippen LogP contribution in [0.3, 0.4) is 0 Å². The van der Waals surface area contributed by atoms with Crippen LogP contribution in [0, 0.1) is 0 Å². The fourth-order valence-corrected chi connectivity index (χ4v) is 3.02. The molecule has 0 saturated carbocycles. The second-order valence-electron chi connectivity index (χ2n) is 6.54. The fourth-order valence-electron chi connectivity index (χ4n) is 3.02. The SMILES string of the molecule is COC(=O)[C@H](Cc1ccc(OC)cc1)NC(=O)c1ccc(-c2ccccc2)cc1. The van der Waals surface area contributed by atoms with Gasteiger partial charge in [-0.3, -0.25) is 4.79 Å². The number of nitrogens with one attached hydrogen (secondary N) is 1. The maximum atomic E-state index is 12.7. The normalized spacial score (nSPS) is 11.4. The standard InChI is InChI=1S/C24H23NO4/c1-28-21-14-8-17(9-15-21)16-22(24(27)29-2)25-23(26)20-12-10-19(11-13-20)18-6-4-3-5-7-18/h3-15,22H,16H2,1-2H3,(H,25,26)/t22-/m0/s1. The minimum Gasteiger partial charge on any atom is -0.497 e. The second kappa shape index (κ2) is 9.55. The van der Waals surface area contributed by atoms with Crippen LogP contribution < -0.4 is 10.1 Å². The topological polar surface area (TPSA) is 64.6 Å². The number of benzene rings is 3. The molecule has 1 N–H and O–H groups in total. The van der Waals surface area contributed by atoms with Gasteiger partial charge in [0.15, 0.2) is 0 Å². The molecular formula is C24H23NO4. The first-order valence-electron chi connectivity index (χ1n) is 9.28. The Morgan fingerprint density at radius 1 is 0.828 bits per heavy atom. The summed E-state index contributed by atoms with van der Waals surface area (Å²) in [5.41, 5.74) is 3.46. The van der Waals surface area contributed by atoms with Crippen molar-refractivity contribution in [2.45, 2.75) is 12.5 Å². The first-order chi connectivity index (χ1) is 14.1. The number of carbonyl (C=O) groups is 2. The molecule has 5 heteroatoms. The summed E-state index contributed by atoms with van der Waals surface area (Å²) in [5, 5.41) is 2.78. The van der Waals surface area contributed by atoms with Crippen LogP contribution in [0.4, 0.5) is 0 Å². The second-order valence-corrected chi connectivity index (χ2v) is 6.54. The Morgan fingerprint density at radius 3 is 2.03 bits per heavy atom. The lowest BCUT2D eigenvalue weighted by Gasteiger charge is -2.17. The van der Waals surface area contributed by atoms with E-state index in [9.17, 15) is 9.59 Å². The van der Waals surface area contributed by atoms with Gasteiger partial charge in [-0.2, -0.15) is 0 Å². The zero-order chi connectivity index (χ0) is 20.6. The number of hydrogen-bond acceptors (Lipinski definition) is 4. The first-order valence-corrected chi connectivity index (χ1v) is 9.28. The third-order valence-electron chi connectivity index (χ3n) is 4.64. The highest BCUT2D eigenvalue weighted by molar-refractivity contribution is 5.97. The first kappa shape index (κ1) is 20.1. The van der Waals surface area contributed by atoms with Crippen molar-refractivity contribution in [3.05, 3.63) is 90.0 Å². The number of carbonyl (C=O) groups excluding carboxylic acids is 2. The van der Waals surface area contributed by atoms with E-state index in [1.807, 2.05) is 66.7 Å². The lowest BCUT2D eigenvalue weighted by molar-refractivity contribution is -0.142. The highest BCUT2D eigenvalue weighted by Gasteiger charge is 2.22.